The van der Waals surface area contributed by atoms with E-state index in [0.29, 0.717) is 0 Å². The van der Waals surface area contributed by atoms with Gasteiger partial charge >= 0.3 is 0 Å². The lowest BCUT2D eigenvalue weighted by atomic mass is 9.91. The van der Waals surface area contributed by atoms with Gasteiger partial charge in [0, 0.05) is 38.1 Å². The quantitative estimate of drug-likeness (QED) is 0.174. The molecule has 0 aliphatic carbocycles. The van der Waals surface area contributed by atoms with Gasteiger partial charge in [-0.05, 0) is 68.7 Å². The molecule has 3 nitrogen and oxygen atoms in total. The average Bonchev–Trinajstić information content (AvgIpc) is 3.62. The molecule has 11 aromatic rings. The molecule has 3 aromatic heterocycles. The minimum atomic E-state index is 0.874. The summed E-state index contributed by atoms with van der Waals surface area (Å²) in [5.74, 6) is 0. The number of pyridine rings is 2. The number of fused-ring (bicyclic) bond motifs is 9. The van der Waals surface area contributed by atoms with E-state index in [-0.39, 0.29) is 0 Å². The first-order valence-electron chi connectivity index (χ1n) is 18.0. The molecule has 0 fully saturated rings. The number of nitrogens with zero attached hydrogens (tertiary/aromatic N) is 2. The summed E-state index contributed by atoms with van der Waals surface area (Å²) in [5.41, 5.74) is 12.2. The van der Waals surface area contributed by atoms with E-state index < -0.39 is 0 Å². The Labute approximate surface area is 305 Å². The molecule has 0 aliphatic rings. The molecule has 0 N–H and O–H groups in total. The lowest BCUT2D eigenvalue weighted by molar-refractivity contribution is 0.673. The lowest BCUT2D eigenvalue weighted by Gasteiger charge is -2.12. The Morgan fingerprint density at radius 1 is 0.340 bits per heavy atom. The highest BCUT2D eigenvalue weighted by atomic mass is 16.3. The highest BCUT2D eigenvalue weighted by molar-refractivity contribution is 6.23. The summed E-state index contributed by atoms with van der Waals surface area (Å²) in [4.78, 5) is 10.4. The van der Waals surface area contributed by atoms with Crippen LogP contribution in [0.1, 0.15) is 0 Å². The van der Waals surface area contributed by atoms with Crippen LogP contribution in [-0.4, -0.2) is 9.97 Å². The van der Waals surface area contributed by atoms with Crippen molar-refractivity contribution in [3.8, 4) is 44.8 Å². The Kier molecular flexibility index (Phi) is 6.55. The minimum Gasteiger partial charge on any atom is -0.455 e. The number of rotatable bonds is 4. The van der Waals surface area contributed by atoms with E-state index in [1.54, 1.807) is 0 Å². The number of hydrogen-bond donors (Lipinski definition) is 0. The lowest BCUT2D eigenvalue weighted by Crippen LogP contribution is -1.91. The van der Waals surface area contributed by atoms with Crippen molar-refractivity contribution in [1.82, 2.24) is 9.97 Å². The Morgan fingerprint density at radius 2 is 0.925 bits per heavy atom. The maximum absolute atomic E-state index is 6.73. The van der Waals surface area contributed by atoms with Gasteiger partial charge in [0.05, 0.1) is 22.4 Å². The Hall–Kier alpha value is -7.10. The topological polar surface area (TPSA) is 38.9 Å². The van der Waals surface area contributed by atoms with Crippen molar-refractivity contribution in [2.24, 2.45) is 0 Å². The van der Waals surface area contributed by atoms with Crippen LogP contribution < -0.4 is 0 Å². The zero-order valence-electron chi connectivity index (χ0n) is 28.6. The second-order valence-corrected chi connectivity index (χ2v) is 13.7. The maximum atomic E-state index is 6.73. The van der Waals surface area contributed by atoms with Gasteiger partial charge in [-0.25, -0.2) is 9.97 Å². The molecule has 0 amide bonds. The van der Waals surface area contributed by atoms with Crippen LogP contribution in [0.5, 0.6) is 0 Å². The standard InChI is InChI=1S/C50H30N2O/c1-2-12-32(13-3-1)44-27-25-33-23-24-34-26-28-45(52-49(34)48(33)51-44)36-16-8-15-35(29-36)38-20-10-22-46-47(38)43-30-42(40-18-6-7-19-41(40)50(43)53-46)39-21-9-14-31-11-4-5-17-37(31)39/h1-30H. The van der Waals surface area contributed by atoms with E-state index in [9.17, 15) is 0 Å². The Bertz CT molecular complexity index is 3230. The minimum absolute atomic E-state index is 0.874. The monoisotopic (exact) mass is 674 g/mol. The van der Waals surface area contributed by atoms with Gasteiger partial charge in [-0.15, -0.1) is 0 Å². The first-order valence-corrected chi connectivity index (χ1v) is 18.0. The third-order valence-electron chi connectivity index (χ3n) is 10.6. The Morgan fingerprint density at radius 3 is 1.74 bits per heavy atom. The second kappa shape index (κ2) is 11.7. The summed E-state index contributed by atoms with van der Waals surface area (Å²) >= 11 is 0. The van der Waals surface area contributed by atoms with Gasteiger partial charge in [0.15, 0.2) is 0 Å². The number of hydrogen-bond acceptors (Lipinski definition) is 3. The van der Waals surface area contributed by atoms with Crippen molar-refractivity contribution in [3.05, 3.63) is 182 Å². The van der Waals surface area contributed by atoms with Gasteiger partial charge in [-0.1, -0.05) is 152 Å². The molecule has 53 heavy (non-hydrogen) atoms. The van der Waals surface area contributed by atoms with Gasteiger partial charge in [0.2, 0.25) is 0 Å². The first-order chi connectivity index (χ1) is 26.3. The van der Waals surface area contributed by atoms with E-state index in [0.717, 1.165) is 82.8 Å². The summed E-state index contributed by atoms with van der Waals surface area (Å²) in [7, 11) is 0. The molecule has 0 saturated heterocycles. The van der Waals surface area contributed by atoms with Crippen LogP contribution in [0.2, 0.25) is 0 Å². The van der Waals surface area contributed by atoms with Crippen LogP contribution in [0.3, 0.4) is 0 Å². The SMILES string of the molecule is c1ccc(-c2ccc3ccc4ccc(-c5cccc(-c6cccc7oc8c9ccccc9c(-c9cccc%10ccccc9%10)cc8c67)c5)nc4c3n2)cc1. The smallest absolute Gasteiger partial charge is 0.143 e. The van der Waals surface area contributed by atoms with Crippen molar-refractivity contribution in [2.45, 2.75) is 0 Å². The van der Waals surface area contributed by atoms with Crippen molar-refractivity contribution >= 4 is 65.3 Å². The molecule has 0 aliphatic heterocycles. The molecule has 0 saturated carbocycles. The molecule has 0 unspecified atom stereocenters. The zero-order valence-corrected chi connectivity index (χ0v) is 28.6. The molecule has 0 radical (unpaired) electrons. The molecule has 0 atom stereocenters. The van der Waals surface area contributed by atoms with Crippen molar-refractivity contribution < 1.29 is 4.42 Å². The molecule has 3 heterocycles. The summed E-state index contributed by atoms with van der Waals surface area (Å²) < 4.78 is 6.73. The van der Waals surface area contributed by atoms with Gasteiger partial charge in [0.1, 0.15) is 11.2 Å². The van der Waals surface area contributed by atoms with Crippen LogP contribution in [0.15, 0.2) is 186 Å². The van der Waals surface area contributed by atoms with Crippen LogP contribution >= 0.6 is 0 Å². The Balaban J connectivity index is 1.10. The predicted octanol–water partition coefficient (Wildman–Crippen LogP) is 13.7. The van der Waals surface area contributed by atoms with Crippen molar-refractivity contribution in [1.29, 1.82) is 0 Å². The second-order valence-electron chi connectivity index (χ2n) is 13.7. The maximum Gasteiger partial charge on any atom is 0.143 e. The number of aromatic nitrogens is 2. The molecule has 0 spiro atoms. The van der Waals surface area contributed by atoms with E-state index in [4.69, 9.17) is 14.4 Å². The number of furan rings is 1. The zero-order chi connectivity index (χ0) is 34.9. The third-order valence-corrected chi connectivity index (χ3v) is 10.6. The van der Waals surface area contributed by atoms with Crippen LogP contribution in [0.4, 0.5) is 0 Å². The van der Waals surface area contributed by atoms with E-state index in [1.807, 2.05) is 18.2 Å². The normalized spacial score (nSPS) is 11.8. The number of benzene rings is 8. The van der Waals surface area contributed by atoms with Crippen LogP contribution in [-0.2, 0) is 0 Å². The predicted molar refractivity (Wildman–Crippen MR) is 221 cm³/mol. The highest BCUT2D eigenvalue weighted by Crippen LogP contribution is 2.44. The molecule has 8 aromatic carbocycles. The molecular formula is C50H30N2O. The molecule has 246 valence electrons. The highest BCUT2D eigenvalue weighted by Gasteiger charge is 2.19. The molecule has 11 rings (SSSR count). The largest absolute Gasteiger partial charge is 0.455 e. The van der Waals surface area contributed by atoms with Crippen LogP contribution in [0, 0.1) is 0 Å². The fraction of sp³-hybridized carbons (Fsp3) is 0. The van der Waals surface area contributed by atoms with Gasteiger partial charge < -0.3 is 4.42 Å². The molecular weight excluding hydrogens is 645 g/mol. The fourth-order valence-corrected chi connectivity index (χ4v) is 8.12. The molecule has 0 bridgehead atoms. The summed E-state index contributed by atoms with van der Waals surface area (Å²) in [6.07, 6.45) is 0. The summed E-state index contributed by atoms with van der Waals surface area (Å²) in [6.45, 7) is 0. The van der Waals surface area contributed by atoms with Crippen molar-refractivity contribution in [3.63, 3.8) is 0 Å². The van der Waals surface area contributed by atoms with E-state index in [2.05, 4.69) is 164 Å². The van der Waals surface area contributed by atoms with E-state index in [1.165, 1.54) is 27.3 Å². The van der Waals surface area contributed by atoms with Gasteiger partial charge in [-0.2, -0.15) is 0 Å². The molecule has 3 heteroatoms. The first kappa shape index (κ1) is 29.6. The van der Waals surface area contributed by atoms with Crippen LogP contribution in [0.25, 0.3) is 110 Å². The summed E-state index contributed by atoms with van der Waals surface area (Å²) in [5, 5.41) is 9.12. The van der Waals surface area contributed by atoms with Crippen molar-refractivity contribution in [2.75, 3.05) is 0 Å². The average molecular weight is 675 g/mol. The van der Waals surface area contributed by atoms with Gasteiger partial charge in [-0.3, -0.25) is 0 Å². The third kappa shape index (κ3) is 4.75. The van der Waals surface area contributed by atoms with E-state index >= 15 is 0 Å². The summed E-state index contributed by atoms with van der Waals surface area (Å²) in [6, 6.07) is 64.3. The van der Waals surface area contributed by atoms with Gasteiger partial charge in [0.25, 0.3) is 0 Å². The fourth-order valence-electron chi connectivity index (χ4n) is 8.12.